The Bertz CT molecular complexity index is 624. The molecule has 1 aliphatic carbocycles. The largest absolute Gasteiger partial charge is 0.461 e. The molecule has 0 amide bonds. The van der Waals surface area contributed by atoms with Crippen LogP contribution in [0.15, 0.2) is 48.1 Å². The Morgan fingerprint density at radius 2 is 1.96 bits per heavy atom. The van der Waals surface area contributed by atoms with E-state index in [0.717, 1.165) is 17.0 Å². The molecule has 0 bridgehead atoms. The van der Waals surface area contributed by atoms with E-state index < -0.39 is 0 Å². The van der Waals surface area contributed by atoms with Gasteiger partial charge in [0.25, 0.3) is 0 Å². The number of carbonyl (C=O) groups is 1. The predicted octanol–water partition coefficient (Wildman–Crippen LogP) is 5.22. The highest BCUT2D eigenvalue weighted by atomic mass is 35.5. The van der Waals surface area contributed by atoms with E-state index in [1.807, 2.05) is 36.4 Å². The van der Waals surface area contributed by atoms with Gasteiger partial charge < -0.3 is 4.74 Å². The number of hydrogen-bond donors (Lipinski definition) is 0. The van der Waals surface area contributed by atoms with Gasteiger partial charge in [-0.15, -0.1) is 0 Å². The Morgan fingerprint density at radius 1 is 1.26 bits per heavy atom. The lowest BCUT2D eigenvalue weighted by Crippen LogP contribution is -2.10. The van der Waals surface area contributed by atoms with Crippen molar-refractivity contribution < 1.29 is 9.53 Å². The van der Waals surface area contributed by atoms with Crippen molar-refractivity contribution in [3.8, 4) is 0 Å². The van der Waals surface area contributed by atoms with Gasteiger partial charge in [-0.3, -0.25) is 4.79 Å². The van der Waals surface area contributed by atoms with Crippen LogP contribution in [0.5, 0.6) is 0 Å². The van der Waals surface area contributed by atoms with E-state index in [1.165, 1.54) is 5.57 Å². The molecule has 1 aliphatic rings. The van der Waals surface area contributed by atoms with Crippen molar-refractivity contribution in [2.45, 2.75) is 34.1 Å². The molecule has 23 heavy (non-hydrogen) atoms. The summed E-state index contributed by atoms with van der Waals surface area (Å²) >= 11 is 6.10. The predicted molar refractivity (Wildman–Crippen MR) is 95.4 cm³/mol. The highest BCUT2D eigenvalue weighted by molar-refractivity contribution is 6.31. The van der Waals surface area contributed by atoms with E-state index in [9.17, 15) is 4.79 Å². The topological polar surface area (TPSA) is 26.3 Å². The fourth-order valence-electron chi connectivity index (χ4n) is 2.96. The SMILES string of the molecule is CC(C)=CC1C(C(=O)OC/C=C/Cc2ccccc2Cl)C1(C)C. The Labute approximate surface area is 144 Å². The molecule has 3 heteroatoms. The number of esters is 1. The fourth-order valence-corrected chi connectivity index (χ4v) is 3.17. The summed E-state index contributed by atoms with van der Waals surface area (Å²) in [5.74, 6) is 0.182. The summed E-state index contributed by atoms with van der Waals surface area (Å²) in [7, 11) is 0. The maximum atomic E-state index is 12.2. The van der Waals surface area contributed by atoms with Crippen LogP contribution in [-0.4, -0.2) is 12.6 Å². The second-order valence-electron chi connectivity index (χ2n) is 6.97. The average molecular weight is 333 g/mol. The van der Waals surface area contributed by atoms with Gasteiger partial charge >= 0.3 is 5.97 Å². The zero-order valence-electron chi connectivity index (χ0n) is 14.3. The quantitative estimate of drug-likeness (QED) is 0.527. The number of hydrogen-bond acceptors (Lipinski definition) is 2. The van der Waals surface area contributed by atoms with Gasteiger partial charge in [-0.25, -0.2) is 0 Å². The summed E-state index contributed by atoms with van der Waals surface area (Å²) in [6.45, 7) is 8.69. The number of allylic oxidation sites excluding steroid dienone is 3. The summed E-state index contributed by atoms with van der Waals surface area (Å²) in [6, 6.07) is 7.75. The molecule has 2 rings (SSSR count). The molecule has 0 aliphatic heterocycles. The fraction of sp³-hybridized carbons (Fsp3) is 0.450. The van der Waals surface area contributed by atoms with E-state index >= 15 is 0 Å². The lowest BCUT2D eigenvalue weighted by atomic mass is 10.1. The van der Waals surface area contributed by atoms with E-state index in [2.05, 4.69) is 33.8 Å². The molecular formula is C20H25ClO2. The normalized spacial score (nSPS) is 22.0. The van der Waals surface area contributed by atoms with Gasteiger partial charge in [-0.1, -0.05) is 67.4 Å². The highest BCUT2D eigenvalue weighted by Crippen LogP contribution is 2.59. The van der Waals surface area contributed by atoms with E-state index in [0.29, 0.717) is 12.5 Å². The van der Waals surface area contributed by atoms with Crippen LogP contribution in [-0.2, 0) is 16.0 Å². The van der Waals surface area contributed by atoms with Crippen LogP contribution in [0.25, 0.3) is 0 Å². The number of ether oxygens (including phenoxy) is 1. The van der Waals surface area contributed by atoms with Gasteiger partial charge in [0.15, 0.2) is 0 Å². The molecule has 2 unspecified atom stereocenters. The van der Waals surface area contributed by atoms with Gasteiger partial charge in [0.2, 0.25) is 0 Å². The van der Waals surface area contributed by atoms with Crippen molar-refractivity contribution in [1.29, 1.82) is 0 Å². The van der Waals surface area contributed by atoms with Crippen molar-refractivity contribution in [3.05, 3.63) is 58.7 Å². The van der Waals surface area contributed by atoms with Gasteiger partial charge in [0.1, 0.15) is 6.61 Å². The minimum atomic E-state index is -0.0973. The summed E-state index contributed by atoms with van der Waals surface area (Å²) < 4.78 is 5.39. The molecule has 1 fully saturated rings. The van der Waals surface area contributed by atoms with Gasteiger partial charge in [-0.05, 0) is 43.2 Å². The lowest BCUT2D eigenvalue weighted by molar-refractivity contribution is -0.144. The van der Waals surface area contributed by atoms with Crippen LogP contribution in [0.1, 0.15) is 33.3 Å². The molecule has 124 valence electrons. The zero-order valence-corrected chi connectivity index (χ0v) is 15.1. The van der Waals surface area contributed by atoms with Crippen molar-refractivity contribution >= 4 is 17.6 Å². The first-order valence-electron chi connectivity index (χ1n) is 8.04. The minimum absolute atomic E-state index is 0.00956. The smallest absolute Gasteiger partial charge is 0.310 e. The van der Waals surface area contributed by atoms with E-state index in [4.69, 9.17) is 16.3 Å². The first-order chi connectivity index (χ1) is 10.8. The molecule has 0 N–H and O–H groups in total. The van der Waals surface area contributed by atoms with Crippen LogP contribution in [0.4, 0.5) is 0 Å². The first kappa shape index (κ1) is 17.8. The van der Waals surface area contributed by atoms with Gasteiger partial charge in [0.05, 0.1) is 5.92 Å². The third-order valence-electron chi connectivity index (χ3n) is 4.46. The molecule has 1 aromatic rings. The van der Waals surface area contributed by atoms with Crippen molar-refractivity contribution in [2.24, 2.45) is 17.3 Å². The standard InChI is InChI=1S/C20H25ClO2/c1-14(2)13-16-18(20(16,3)4)19(22)23-12-8-7-10-15-9-5-6-11-17(15)21/h5-9,11,13,16,18H,10,12H2,1-4H3/b8-7+. The Hall–Kier alpha value is -1.54. The van der Waals surface area contributed by atoms with E-state index in [1.54, 1.807) is 0 Å². The van der Waals surface area contributed by atoms with Crippen LogP contribution in [0.3, 0.4) is 0 Å². The van der Waals surface area contributed by atoms with Crippen LogP contribution < -0.4 is 0 Å². The third-order valence-corrected chi connectivity index (χ3v) is 4.83. The summed E-state index contributed by atoms with van der Waals surface area (Å²) in [5.41, 5.74) is 2.33. The molecule has 2 nitrogen and oxygen atoms in total. The molecule has 0 heterocycles. The Balaban J connectivity index is 1.79. The van der Waals surface area contributed by atoms with Gasteiger partial charge in [0, 0.05) is 5.02 Å². The molecular weight excluding hydrogens is 308 g/mol. The van der Waals surface area contributed by atoms with Gasteiger partial charge in [-0.2, -0.15) is 0 Å². The molecule has 0 radical (unpaired) electrons. The molecule has 1 saturated carbocycles. The molecule has 2 atom stereocenters. The molecule has 0 aromatic heterocycles. The number of rotatable bonds is 6. The first-order valence-corrected chi connectivity index (χ1v) is 8.42. The van der Waals surface area contributed by atoms with Crippen LogP contribution in [0.2, 0.25) is 5.02 Å². The Kier molecular flexibility index (Phi) is 5.69. The third kappa shape index (κ3) is 4.48. The molecule has 0 saturated heterocycles. The summed E-state index contributed by atoms with van der Waals surface area (Å²) in [5, 5.41) is 0.762. The monoisotopic (exact) mass is 332 g/mol. The number of benzene rings is 1. The van der Waals surface area contributed by atoms with Crippen LogP contribution in [0, 0.1) is 17.3 Å². The molecule has 0 spiro atoms. The van der Waals surface area contributed by atoms with Crippen LogP contribution >= 0.6 is 11.6 Å². The number of carbonyl (C=O) groups excluding carboxylic acids is 1. The lowest BCUT2D eigenvalue weighted by Gasteiger charge is -2.03. The molecule has 1 aromatic carbocycles. The average Bonchev–Trinajstić information content (AvgIpc) is 3.00. The highest BCUT2D eigenvalue weighted by Gasteiger charge is 2.61. The zero-order chi connectivity index (χ0) is 17.0. The summed E-state index contributed by atoms with van der Waals surface area (Å²) in [6.07, 6.45) is 6.79. The summed E-state index contributed by atoms with van der Waals surface area (Å²) in [4.78, 5) is 12.2. The second kappa shape index (κ2) is 7.35. The maximum absolute atomic E-state index is 12.2. The Morgan fingerprint density at radius 3 is 2.61 bits per heavy atom. The van der Waals surface area contributed by atoms with Crippen molar-refractivity contribution in [1.82, 2.24) is 0 Å². The maximum Gasteiger partial charge on any atom is 0.310 e. The van der Waals surface area contributed by atoms with Crippen molar-refractivity contribution in [2.75, 3.05) is 6.61 Å². The van der Waals surface area contributed by atoms with E-state index in [-0.39, 0.29) is 17.3 Å². The number of halogens is 1. The second-order valence-corrected chi connectivity index (χ2v) is 7.37. The minimum Gasteiger partial charge on any atom is -0.461 e. The van der Waals surface area contributed by atoms with Crippen molar-refractivity contribution in [3.63, 3.8) is 0 Å².